The lowest BCUT2D eigenvalue weighted by Crippen LogP contribution is -2.34. The highest BCUT2D eigenvalue weighted by Crippen LogP contribution is 2.25. The van der Waals surface area contributed by atoms with Crippen LogP contribution in [0.4, 0.5) is 5.95 Å². The van der Waals surface area contributed by atoms with Crippen LogP contribution in [-0.4, -0.2) is 22.1 Å². The Morgan fingerprint density at radius 1 is 1.60 bits per heavy atom. The molecule has 1 atom stereocenters. The molecule has 0 spiro atoms. The quantitative estimate of drug-likeness (QED) is 0.732. The lowest BCUT2D eigenvalue weighted by molar-refractivity contribution is 0.531. The highest BCUT2D eigenvalue weighted by atomic mass is 15.2. The fraction of sp³-hybridized carbons (Fsp3) is 0.727. The molecule has 0 saturated heterocycles. The van der Waals surface area contributed by atoms with Crippen LogP contribution < -0.4 is 11.1 Å². The number of imidazole rings is 1. The zero-order valence-corrected chi connectivity index (χ0v) is 9.75. The van der Waals surface area contributed by atoms with Crippen LogP contribution in [0.3, 0.4) is 0 Å². The number of nitrogens with zero attached hydrogens (tertiary/aromatic N) is 2. The molecule has 1 unspecified atom stereocenters. The molecule has 15 heavy (non-hydrogen) atoms. The Labute approximate surface area is 90.9 Å². The van der Waals surface area contributed by atoms with Crippen molar-refractivity contribution in [1.29, 1.82) is 0 Å². The smallest absolute Gasteiger partial charge is 0.203 e. The van der Waals surface area contributed by atoms with Crippen LogP contribution in [-0.2, 0) is 12.0 Å². The number of rotatable bonds is 1. The molecule has 2 heterocycles. The van der Waals surface area contributed by atoms with E-state index in [0.29, 0.717) is 12.6 Å². The minimum atomic E-state index is 0.115. The summed E-state index contributed by atoms with van der Waals surface area (Å²) in [6, 6.07) is 0.382. The van der Waals surface area contributed by atoms with Crippen LogP contribution in [0.15, 0.2) is 6.20 Å². The van der Waals surface area contributed by atoms with Crippen molar-refractivity contribution in [3.8, 4) is 0 Å². The van der Waals surface area contributed by atoms with Crippen molar-refractivity contribution in [1.82, 2.24) is 9.55 Å². The first kappa shape index (κ1) is 10.5. The molecule has 4 nitrogen and oxygen atoms in total. The van der Waals surface area contributed by atoms with E-state index in [1.807, 2.05) is 0 Å². The van der Waals surface area contributed by atoms with E-state index in [9.17, 15) is 0 Å². The van der Waals surface area contributed by atoms with Crippen molar-refractivity contribution in [3.05, 3.63) is 11.9 Å². The number of hydrogen-bond donors (Lipinski definition) is 2. The maximum Gasteiger partial charge on any atom is 0.203 e. The fourth-order valence-corrected chi connectivity index (χ4v) is 1.79. The van der Waals surface area contributed by atoms with Crippen molar-refractivity contribution in [2.45, 2.75) is 45.2 Å². The minimum Gasteiger partial charge on any atom is -0.352 e. The molecule has 0 aromatic carbocycles. The summed E-state index contributed by atoms with van der Waals surface area (Å²) in [4.78, 5) is 4.62. The third kappa shape index (κ3) is 2.00. The monoisotopic (exact) mass is 208 g/mol. The van der Waals surface area contributed by atoms with Gasteiger partial charge in [-0.05, 0) is 6.42 Å². The van der Waals surface area contributed by atoms with Crippen molar-refractivity contribution < 1.29 is 0 Å². The molecule has 0 saturated carbocycles. The number of aryl methyl sites for hydroxylation is 1. The Bertz CT molecular complexity index is 348. The molecule has 1 aliphatic heterocycles. The maximum absolute atomic E-state index is 5.65. The standard InChI is InChI=1S/C11H20N4/c1-11(2,3)9-7-15-5-4-8(6-12)13-10(15)14-9/h7-8H,4-6,12H2,1-3H3,(H,13,14). The van der Waals surface area contributed by atoms with E-state index in [4.69, 9.17) is 5.73 Å². The fourth-order valence-electron chi connectivity index (χ4n) is 1.79. The van der Waals surface area contributed by atoms with E-state index >= 15 is 0 Å². The Morgan fingerprint density at radius 3 is 2.93 bits per heavy atom. The molecular formula is C11H20N4. The third-order valence-corrected chi connectivity index (χ3v) is 2.88. The Kier molecular flexibility index (Phi) is 2.46. The second-order valence-electron chi connectivity index (χ2n) is 5.26. The normalized spacial score (nSPS) is 20.9. The second-order valence-corrected chi connectivity index (χ2v) is 5.26. The zero-order chi connectivity index (χ0) is 11.1. The number of anilines is 1. The van der Waals surface area contributed by atoms with Gasteiger partial charge in [0.25, 0.3) is 0 Å². The first-order valence-corrected chi connectivity index (χ1v) is 5.55. The van der Waals surface area contributed by atoms with Crippen molar-refractivity contribution in [2.24, 2.45) is 5.73 Å². The van der Waals surface area contributed by atoms with E-state index in [-0.39, 0.29) is 5.41 Å². The Balaban J connectivity index is 2.26. The summed E-state index contributed by atoms with van der Waals surface area (Å²) in [5.41, 5.74) is 6.91. The number of aromatic nitrogens is 2. The molecule has 2 rings (SSSR count). The van der Waals surface area contributed by atoms with Gasteiger partial charge in [-0.25, -0.2) is 4.98 Å². The largest absolute Gasteiger partial charge is 0.352 e. The molecule has 1 aliphatic rings. The summed E-state index contributed by atoms with van der Waals surface area (Å²) < 4.78 is 2.19. The lowest BCUT2D eigenvalue weighted by atomic mass is 9.93. The zero-order valence-electron chi connectivity index (χ0n) is 9.75. The summed E-state index contributed by atoms with van der Waals surface area (Å²) in [6.45, 7) is 8.25. The van der Waals surface area contributed by atoms with Gasteiger partial charge in [0.1, 0.15) is 0 Å². The van der Waals surface area contributed by atoms with Crippen LogP contribution in [0.2, 0.25) is 0 Å². The van der Waals surface area contributed by atoms with Gasteiger partial charge in [-0.1, -0.05) is 20.8 Å². The molecule has 84 valence electrons. The van der Waals surface area contributed by atoms with Gasteiger partial charge in [-0.3, -0.25) is 0 Å². The van der Waals surface area contributed by atoms with Crippen LogP contribution in [0.1, 0.15) is 32.9 Å². The predicted octanol–water partition coefficient (Wildman–Crippen LogP) is 1.32. The number of fused-ring (bicyclic) bond motifs is 1. The van der Waals surface area contributed by atoms with Gasteiger partial charge < -0.3 is 15.6 Å². The molecule has 1 aromatic heterocycles. The summed E-state index contributed by atoms with van der Waals surface area (Å²) in [5.74, 6) is 0.974. The first-order valence-electron chi connectivity index (χ1n) is 5.55. The molecule has 0 fully saturated rings. The van der Waals surface area contributed by atoms with E-state index in [2.05, 4.69) is 41.8 Å². The van der Waals surface area contributed by atoms with Crippen LogP contribution in [0, 0.1) is 0 Å². The molecular weight excluding hydrogens is 188 g/mol. The summed E-state index contributed by atoms with van der Waals surface area (Å²) in [7, 11) is 0. The van der Waals surface area contributed by atoms with E-state index in [1.165, 1.54) is 0 Å². The van der Waals surface area contributed by atoms with Crippen LogP contribution in [0.25, 0.3) is 0 Å². The van der Waals surface area contributed by atoms with Gasteiger partial charge in [0.05, 0.1) is 5.69 Å². The molecule has 0 amide bonds. The topological polar surface area (TPSA) is 55.9 Å². The van der Waals surface area contributed by atoms with Gasteiger partial charge in [0.15, 0.2) is 0 Å². The summed E-state index contributed by atoms with van der Waals surface area (Å²) in [5, 5.41) is 3.37. The Hall–Kier alpha value is -1.03. The summed E-state index contributed by atoms with van der Waals surface area (Å²) in [6.07, 6.45) is 3.23. The average Bonchev–Trinajstić information content (AvgIpc) is 2.59. The third-order valence-electron chi connectivity index (χ3n) is 2.88. The van der Waals surface area contributed by atoms with E-state index in [0.717, 1.165) is 24.6 Å². The highest BCUT2D eigenvalue weighted by molar-refractivity contribution is 5.34. The van der Waals surface area contributed by atoms with Gasteiger partial charge in [0.2, 0.25) is 5.95 Å². The van der Waals surface area contributed by atoms with Gasteiger partial charge in [-0.2, -0.15) is 0 Å². The molecule has 0 bridgehead atoms. The predicted molar refractivity (Wildman–Crippen MR) is 62.0 cm³/mol. The molecule has 0 aliphatic carbocycles. The molecule has 1 aromatic rings. The van der Waals surface area contributed by atoms with E-state index in [1.54, 1.807) is 0 Å². The van der Waals surface area contributed by atoms with Crippen molar-refractivity contribution >= 4 is 5.95 Å². The van der Waals surface area contributed by atoms with Gasteiger partial charge in [0, 0.05) is 30.7 Å². The van der Waals surface area contributed by atoms with Crippen LogP contribution >= 0.6 is 0 Å². The van der Waals surface area contributed by atoms with E-state index < -0.39 is 0 Å². The first-order chi connectivity index (χ1) is 7.00. The summed E-state index contributed by atoms with van der Waals surface area (Å²) >= 11 is 0. The van der Waals surface area contributed by atoms with Gasteiger partial charge >= 0.3 is 0 Å². The maximum atomic E-state index is 5.65. The second kappa shape index (κ2) is 3.52. The molecule has 3 N–H and O–H groups in total. The Morgan fingerprint density at radius 2 is 2.33 bits per heavy atom. The minimum absolute atomic E-state index is 0.115. The highest BCUT2D eigenvalue weighted by Gasteiger charge is 2.23. The van der Waals surface area contributed by atoms with Crippen molar-refractivity contribution in [3.63, 3.8) is 0 Å². The molecule has 0 radical (unpaired) electrons. The number of nitrogens with two attached hydrogens (primary N) is 1. The molecule has 4 heteroatoms. The van der Waals surface area contributed by atoms with Crippen LogP contribution in [0.5, 0.6) is 0 Å². The van der Waals surface area contributed by atoms with Crippen molar-refractivity contribution in [2.75, 3.05) is 11.9 Å². The average molecular weight is 208 g/mol. The lowest BCUT2D eigenvalue weighted by Gasteiger charge is -2.23. The number of nitrogens with one attached hydrogen (secondary N) is 1. The SMILES string of the molecule is CC(C)(C)c1cn2c(n1)NC(CN)CC2. The number of hydrogen-bond acceptors (Lipinski definition) is 3. The van der Waals surface area contributed by atoms with Gasteiger partial charge in [-0.15, -0.1) is 0 Å².